The molecular formula is C15H13BrFNO3. The van der Waals surface area contributed by atoms with Crippen molar-refractivity contribution in [3.05, 3.63) is 52.3 Å². The first-order valence-corrected chi connectivity index (χ1v) is 6.83. The van der Waals surface area contributed by atoms with Gasteiger partial charge in [0.15, 0.2) is 11.6 Å². The van der Waals surface area contributed by atoms with E-state index in [0.29, 0.717) is 15.9 Å². The summed E-state index contributed by atoms with van der Waals surface area (Å²) >= 11 is 3.33. The number of nitrogens with one attached hydrogen (secondary N) is 1. The van der Waals surface area contributed by atoms with E-state index in [1.54, 1.807) is 18.2 Å². The van der Waals surface area contributed by atoms with Crippen LogP contribution in [0.2, 0.25) is 0 Å². The van der Waals surface area contributed by atoms with Crippen molar-refractivity contribution in [1.29, 1.82) is 0 Å². The van der Waals surface area contributed by atoms with Crippen LogP contribution in [0.1, 0.15) is 10.4 Å². The molecule has 0 spiro atoms. The lowest BCUT2D eigenvalue weighted by molar-refractivity contribution is 0.102. The van der Waals surface area contributed by atoms with Crippen molar-refractivity contribution >= 4 is 27.5 Å². The normalized spacial score (nSPS) is 10.1. The molecule has 0 bridgehead atoms. The summed E-state index contributed by atoms with van der Waals surface area (Å²) in [5.41, 5.74) is 0.735. The molecule has 0 aromatic heterocycles. The van der Waals surface area contributed by atoms with Crippen LogP contribution in [0.5, 0.6) is 11.5 Å². The second-order valence-electron chi connectivity index (χ2n) is 4.15. The molecule has 0 radical (unpaired) electrons. The number of rotatable bonds is 4. The highest BCUT2D eigenvalue weighted by Gasteiger charge is 2.12. The molecule has 4 nitrogen and oxygen atoms in total. The molecule has 6 heteroatoms. The van der Waals surface area contributed by atoms with Crippen LogP contribution < -0.4 is 14.8 Å². The molecule has 21 heavy (non-hydrogen) atoms. The minimum Gasteiger partial charge on any atom is -0.497 e. The number of halogens is 2. The number of anilines is 1. The molecule has 1 amide bonds. The van der Waals surface area contributed by atoms with Gasteiger partial charge in [-0.3, -0.25) is 4.79 Å². The number of hydrogen-bond acceptors (Lipinski definition) is 3. The first-order valence-electron chi connectivity index (χ1n) is 6.03. The van der Waals surface area contributed by atoms with Crippen molar-refractivity contribution in [2.45, 2.75) is 0 Å². The number of carbonyl (C=O) groups excluding carboxylic acids is 1. The fourth-order valence-electron chi connectivity index (χ4n) is 1.73. The van der Waals surface area contributed by atoms with Crippen molar-refractivity contribution < 1.29 is 18.7 Å². The highest BCUT2D eigenvalue weighted by atomic mass is 79.9. The molecule has 2 aromatic carbocycles. The fraction of sp³-hybridized carbons (Fsp3) is 0.133. The third kappa shape index (κ3) is 3.52. The van der Waals surface area contributed by atoms with E-state index >= 15 is 0 Å². The topological polar surface area (TPSA) is 47.6 Å². The number of benzene rings is 2. The zero-order valence-electron chi connectivity index (χ0n) is 11.4. The number of amides is 1. The molecular weight excluding hydrogens is 341 g/mol. The second-order valence-corrected chi connectivity index (χ2v) is 5.00. The van der Waals surface area contributed by atoms with Crippen LogP contribution in [-0.2, 0) is 0 Å². The fourth-order valence-corrected chi connectivity index (χ4v) is 2.08. The molecule has 0 saturated heterocycles. The van der Waals surface area contributed by atoms with Gasteiger partial charge in [-0.05, 0) is 46.3 Å². The zero-order chi connectivity index (χ0) is 15.4. The Morgan fingerprint density at radius 3 is 2.52 bits per heavy atom. The van der Waals surface area contributed by atoms with Crippen molar-refractivity contribution in [3.63, 3.8) is 0 Å². The maximum Gasteiger partial charge on any atom is 0.255 e. The van der Waals surface area contributed by atoms with E-state index in [-0.39, 0.29) is 11.3 Å². The van der Waals surface area contributed by atoms with Gasteiger partial charge < -0.3 is 14.8 Å². The molecule has 0 fully saturated rings. The van der Waals surface area contributed by atoms with Gasteiger partial charge in [-0.25, -0.2) is 4.39 Å². The largest absolute Gasteiger partial charge is 0.497 e. The van der Waals surface area contributed by atoms with Gasteiger partial charge in [0.2, 0.25) is 0 Å². The van der Waals surface area contributed by atoms with E-state index in [2.05, 4.69) is 21.2 Å². The van der Waals surface area contributed by atoms with Gasteiger partial charge in [-0.15, -0.1) is 0 Å². The van der Waals surface area contributed by atoms with E-state index in [1.807, 2.05) is 0 Å². The van der Waals surface area contributed by atoms with E-state index in [9.17, 15) is 9.18 Å². The predicted octanol–water partition coefficient (Wildman–Crippen LogP) is 3.86. The monoisotopic (exact) mass is 353 g/mol. The molecule has 0 unspecified atom stereocenters. The maximum absolute atomic E-state index is 13.6. The average Bonchev–Trinajstić information content (AvgIpc) is 2.49. The van der Waals surface area contributed by atoms with E-state index in [4.69, 9.17) is 9.47 Å². The molecule has 0 atom stereocenters. The number of methoxy groups -OCH3 is 2. The second kappa shape index (κ2) is 6.58. The van der Waals surface area contributed by atoms with Gasteiger partial charge in [0.1, 0.15) is 5.75 Å². The molecule has 2 aromatic rings. The molecule has 0 aliphatic heterocycles. The smallest absolute Gasteiger partial charge is 0.255 e. The van der Waals surface area contributed by atoms with E-state index < -0.39 is 11.7 Å². The summed E-state index contributed by atoms with van der Waals surface area (Å²) in [6, 6.07) is 9.20. The molecule has 2 rings (SSSR count). The summed E-state index contributed by atoms with van der Waals surface area (Å²) in [7, 11) is 2.90. The number of carbonyl (C=O) groups is 1. The Balaban J connectivity index is 2.23. The highest BCUT2D eigenvalue weighted by Crippen LogP contribution is 2.28. The summed E-state index contributed by atoms with van der Waals surface area (Å²) in [6.07, 6.45) is 0. The third-order valence-electron chi connectivity index (χ3n) is 2.84. The number of hydrogen-bond donors (Lipinski definition) is 1. The Hall–Kier alpha value is -2.08. The van der Waals surface area contributed by atoms with Gasteiger partial charge in [0.25, 0.3) is 5.91 Å². The van der Waals surface area contributed by atoms with Crippen LogP contribution in [0.25, 0.3) is 0 Å². The predicted molar refractivity (Wildman–Crippen MR) is 81.6 cm³/mol. The Morgan fingerprint density at radius 2 is 1.90 bits per heavy atom. The lowest BCUT2D eigenvalue weighted by atomic mass is 10.2. The Bertz CT molecular complexity index is 676. The van der Waals surface area contributed by atoms with Crippen molar-refractivity contribution in [2.75, 3.05) is 19.5 Å². The van der Waals surface area contributed by atoms with Gasteiger partial charge in [0, 0.05) is 16.1 Å². The first-order chi connectivity index (χ1) is 10.0. The van der Waals surface area contributed by atoms with Crippen LogP contribution in [-0.4, -0.2) is 20.1 Å². The summed E-state index contributed by atoms with van der Waals surface area (Å²) in [5.74, 6) is -0.316. The molecule has 0 heterocycles. The Morgan fingerprint density at radius 1 is 1.14 bits per heavy atom. The Kier molecular flexibility index (Phi) is 4.80. The van der Waals surface area contributed by atoms with Gasteiger partial charge in [-0.2, -0.15) is 0 Å². The zero-order valence-corrected chi connectivity index (χ0v) is 13.0. The minimum absolute atomic E-state index is 0.0918. The van der Waals surface area contributed by atoms with E-state index in [0.717, 1.165) is 6.07 Å². The van der Waals surface area contributed by atoms with Gasteiger partial charge in [-0.1, -0.05) is 0 Å². The lowest BCUT2D eigenvalue weighted by Crippen LogP contribution is -2.12. The summed E-state index contributed by atoms with van der Waals surface area (Å²) in [6.45, 7) is 0. The molecule has 0 saturated carbocycles. The van der Waals surface area contributed by atoms with Crippen LogP contribution in [0, 0.1) is 5.82 Å². The minimum atomic E-state index is -0.588. The van der Waals surface area contributed by atoms with Crippen LogP contribution >= 0.6 is 15.9 Å². The summed E-state index contributed by atoms with van der Waals surface area (Å²) in [4.78, 5) is 12.1. The number of ether oxygens (including phenoxy) is 2. The average molecular weight is 354 g/mol. The van der Waals surface area contributed by atoms with Crippen molar-refractivity contribution in [3.8, 4) is 11.5 Å². The van der Waals surface area contributed by atoms with Gasteiger partial charge >= 0.3 is 0 Å². The van der Waals surface area contributed by atoms with E-state index in [1.165, 1.54) is 26.4 Å². The third-order valence-corrected chi connectivity index (χ3v) is 3.53. The lowest BCUT2D eigenvalue weighted by Gasteiger charge is -2.10. The first kappa shape index (κ1) is 15.3. The molecule has 110 valence electrons. The van der Waals surface area contributed by atoms with Gasteiger partial charge in [0.05, 0.1) is 19.9 Å². The standard InChI is InChI=1S/C15H13BrFNO3/c1-20-10-4-5-11(16)13(8-10)18-15(19)9-3-6-14(21-2)12(17)7-9/h3-8H,1-2H3,(H,18,19). The quantitative estimate of drug-likeness (QED) is 0.907. The summed E-state index contributed by atoms with van der Waals surface area (Å²) < 4.78 is 24.2. The van der Waals surface area contributed by atoms with Crippen LogP contribution in [0.15, 0.2) is 40.9 Å². The SMILES string of the molecule is COc1ccc(Br)c(NC(=O)c2ccc(OC)c(F)c2)c1. The van der Waals surface area contributed by atoms with Crippen LogP contribution in [0.4, 0.5) is 10.1 Å². The summed E-state index contributed by atoms with van der Waals surface area (Å²) in [5, 5.41) is 2.69. The molecule has 0 aliphatic carbocycles. The van der Waals surface area contributed by atoms with Crippen molar-refractivity contribution in [2.24, 2.45) is 0 Å². The van der Waals surface area contributed by atoms with Crippen LogP contribution in [0.3, 0.4) is 0 Å². The molecule has 1 N–H and O–H groups in total. The maximum atomic E-state index is 13.6. The molecule has 0 aliphatic rings. The highest BCUT2D eigenvalue weighted by molar-refractivity contribution is 9.10. The van der Waals surface area contributed by atoms with Crippen molar-refractivity contribution in [1.82, 2.24) is 0 Å². The Labute approximate surface area is 130 Å².